The number of carbonyl (C=O) groups excluding carboxylic acids is 1. The van der Waals surface area contributed by atoms with Gasteiger partial charge in [-0.2, -0.15) is 0 Å². The number of hydrogen-bond acceptors (Lipinski definition) is 5. The Balaban J connectivity index is 2.27. The van der Waals surface area contributed by atoms with Gasteiger partial charge in [0.05, 0.1) is 0 Å². The Kier molecular flexibility index (Phi) is 3.16. The number of halogens is 1. The monoisotopic (exact) mass is 238 g/mol. The zero-order valence-electron chi connectivity index (χ0n) is 8.09. The minimum atomic E-state index is -0.847. The average Bonchev–Trinajstić information content (AvgIpc) is 2.80. The second kappa shape index (κ2) is 4.76. The summed E-state index contributed by atoms with van der Waals surface area (Å²) in [6, 6.07) is 7.23. The maximum absolute atomic E-state index is 10.5. The third kappa shape index (κ3) is 2.38. The van der Waals surface area contributed by atoms with Crippen LogP contribution in [0.2, 0.25) is 0 Å². The molecular formula is C10H7ClN2O3. The average molecular weight is 239 g/mol. The molecule has 0 saturated carbocycles. The van der Waals surface area contributed by atoms with Gasteiger partial charge in [0.1, 0.15) is 6.61 Å². The predicted octanol–water partition coefficient (Wildman–Crippen LogP) is 2.61. The number of benzene rings is 1. The van der Waals surface area contributed by atoms with Gasteiger partial charge in [0.2, 0.25) is 12.3 Å². The molecule has 16 heavy (non-hydrogen) atoms. The lowest BCUT2D eigenvalue weighted by molar-refractivity contribution is 0.167. The first-order chi connectivity index (χ1) is 7.77. The predicted molar refractivity (Wildman–Crippen MR) is 55.8 cm³/mol. The maximum Gasteiger partial charge on any atom is 0.404 e. The van der Waals surface area contributed by atoms with Crippen LogP contribution >= 0.6 is 11.6 Å². The third-order valence-electron chi connectivity index (χ3n) is 1.95. The van der Waals surface area contributed by atoms with Crippen LogP contribution in [0.3, 0.4) is 0 Å². The molecule has 0 saturated heterocycles. The van der Waals surface area contributed by atoms with Gasteiger partial charge in [-0.3, -0.25) is 0 Å². The van der Waals surface area contributed by atoms with Crippen LogP contribution in [0.4, 0.5) is 4.79 Å². The fraction of sp³-hybridized carbons (Fsp3) is 0.100. The van der Waals surface area contributed by atoms with Crippen molar-refractivity contribution in [2.45, 2.75) is 6.61 Å². The zero-order chi connectivity index (χ0) is 11.4. The van der Waals surface area contributed by atoms with Gasteiger partial charge in [-0.15, -0.1) is 10.2 Å². The fourth-order valence-electron chi connectivity index (χ4n) is 1.28. The molecule has 0 N–H and O–H groups in total. The van der Waals surface area contributed by atoms with Crippen LogP contribution in [0.5, 0.6) is 0 Å². The van der Waals surface area contributed by atoms with Gasteiger partial charge in [-0.25, -0.2) is 4.79 Å². The summed E-state index contributed by atoms with van der Waals surface area (Å²) in [5, 5.41) is 7.37. The molecule has 0 unspecified atom stereocenters. The molecule has 6 heteroatoms. The largest absolute Gasteiger partial charge is 0.449 e. The van der Waals surface area contributed by atoms with Crippen LogP contribution in [0.1, 0.15) is 5.56 Å². The van der Waals surface area contributed by atoms with Crippen molar-refractivity contribution in [2.75, 3.05) is 0 Å². The smallest absolute Gasteiger partial charge is 0.404 e. The summed E-state index contributed by atoms with van der Waals surface area (Å²) < 4.78 is 9.77. The van der Waals surface area contributed by atoms with Crippen molar-refractivity contribution in [3.8, 4) is 11.5 Å². The summed E-state index contributed by atoms with van der Waals surface area (Å²) in [6.07, 6.45) is 1.24. The third-order valence-corrected chi connectivity index (χ3v) is 2.06. The molecule has 0 fully saturated rings. The molecule has 0 radical (unpaired) electrons. The highest BCUT2D eigenvalue weighted by molar-refractivity contribution is 6.61. The summed E-state index contributed by atoms with van der Waals surface area (Å²) in [7, 11) is 0. The molecule has 1 aromatic carbocycles. The van der Waals surface area contributed by atoms with Gasteiger partial charge >= 0.3 is 5.43 Å². The van der Waals surface area contributed by atoms with Gasteiger partial charge < -0.3 is 9.15 Å². The second-order valence-electron chi connectivity index (χ2n) is 2.93. The molecule has 1 aromatic heterocycles. The standard InChI is InChI=1S/C10H7ClN2O3/c11-10(14)15-5-7-3-1-2-4-8(7)9-13-12-6-16-9/h1-4,6H,5H2. The summed E-state index contributed by atoms with van der Waals surface area (Å²) in [4.78, 5) is 10.5. The van der Waals surface area contributed by atoms with Crippen LogP contribution in [0.15, 0.2) is 35.1 Å². The Morgan fingerprint density at radius 1 is 1.44 bits per heavy atom. The van der Waals surface area contributed by atoms with E-state index in [1.165, 1.54) is 6.39 Å². The first kappa shape index (κ1) is 10.6. The van der Waals surface area contributed by atoms with Crippen LogP contribution < -0.4 is 0 Å². The fourth-order valence-corrected chi connectivity index (χ4v) is 1.33. The maximum atomic E-state index is 10.5. The van der Waals surface area contributed by atoms with Gasteiger partial charge in [-0.05, 0) is 6.07 Å². The van der Waals surface area contributed by atoms with Gasteiger partial charge in [0, 0.05) is 22.7 Å². The van der Waals surface area contributed by atoms with Crippen molar-refractivity contribution >= 4 is 17.0 Å². The second-order valence-corrected chi connectivity index (χ2v) is 3.24. The van der Waals surface area contributed by atoms with E-state index in [4.69, 9.17) is 20.8 Å². The van der Waals surface area contributed by atoms with E-state index in [0.29, 0.717) is 5.89 Å². The first-order valence-electron chi connectivity index (χ1n) is 4.44. The van der Waals surface area contributed by atoms with Crippen molar-refractivity contribution in [1.82, 2.24) is 10.2 Å². The molecule has 0 amide bonds. The molecule has 1 heterocycles. The summed E-state index contributed by atoms with van der Waals surface area (Å²) in [5.41, 5.74) is 0.624. The van der Waals surface area contributed by atoms with Crippen LogP contribution in [-0.2, 0) is 11.3 Å². The molecule has 0 atom stereocenters. The van der Waals surface area contributed by atoms with E-state index in [9.17, 15) is 4.79 Å². The van der Waals surface area contributed by atoms with Crippen molar-refractivity contribution in [3.63, 3.8) is 0 Å². The lowest BCUT2D eigenvalue weighted by Crippen LogP contribution is -1.97. The molecule has 2 aromatic rings. The lowest BCUT2D eigenvalue weighted by atomic mass is 10.1. The number of rotatable bonds is 3. The molecule has 2 rings (SSSR count). The van der Waals surface area contributed by atoms with E-state index in [1.807, 2.05) is 12.1 Å². The molecule has 0 aliphatic rings. The summed E-state index contributed by atoms with van der Waals surface area (Å²) in [6.45, 7) is 0.0703. The van der Waals surface area contributed by atoms with Crippen LogP contribution in [0.25, 0.3) is 11.5 Å². The van der Waals surface area contributed by atoms with Crippen molar-refractivity contribution in [1.29, 1.82) is 0 Å². The SMILES string of the molecule is O=C(Cl)OCc1ccccc1-c1nnco1. The van der Waals surface area contributed by atoms with Gasteiger partial charge in [0.25, 0.3) is 0 Å². The number of carbonyl (C=O) groups is 1. The lowest BCUT2D eigenvalue weighted by Gasteiger charge is -2.04. The van der Waals surface area contributed by atoms with Gasteiger partial charge in [0.15, 0.2) is 0 Å². The van der Waals surface area contributed by atoms with E-state index in [0.717, 1.165) is 11.1 Å². The Labute approximate surface area is 96.0 Å². The molecule has 0 aliphatic heterocycles. The highest BCUT2D eigenvalue weighted by Crippen LogP contribution is 2.21. The summed E-state index contributed by atoms with van der Waals surface area (Å²) in [5.74, 6) is 0.376. The first-order valence-corrected chi connectivity index (χ1v) is 4.82. The Morgan fingerprint density at radius 3 is 2.94 bits per heavy atom. The van der Waals surface area contributed by atoms with Gasteiger partial charge in [-0.1, -0.05) is 18.2 Å². The Bertz CT molecular complexity index is 485. The number of aromatic nitrogens is 2. The number of nitrogens with zero attached hydrogens (tertiary/aromatic N) is 2. The molecule has 82 valence electrons. The topological polar surface area (TPSA) is 65.2 Å². The summed E-state index contributed by atoms with van der Waals surface area (Å²) >= 11 is 5.09. The highest BCUT2D eigenvalue weighted by Gasteiger charge is 2.10. The molecule has 0 aliphatic carbocycles. The molecule has 0 bridgehead atoms. The van der Waals surface area contributed by atoms with Crippen LogP contribution in [-0.4, -0.2) is 15.6 Å². The van der Waals surface area contributed by atoms with E-state index in [2.05, 4.69) is 10.2 Å². The molecular weight excluding hydrogens is 232 g/mol. The highest BCUT2D eigenvalue weighted by atomic mass is 35.5. The van der Waals surface area contributed by atoms with E-state index in [1.54, 1.807) is 12.1 Å². The Morgan fingerprint density at radius 2 is 2.25 bits per heavy atom. The molecule has 0 spiro atoms. The van der Waals surface area contributed by atoms with E-state index >= 15 is 0 Å². The molecule has 5 nitrogen and oxygen atoms in total. The van der Waals surface area contributed by atoms with E-state index in [-0.39, 0.29) is 6.61 Å². The number of ether oxygens (including phenoxy) is 1. The number of hydrogen-bond donors (Lipinski definition) is 0. The van der Waals surface area contributed by atoms with Crippen molar-refractivity contribution < 1.29 is 13.9 Å². The zero-order valence-corrected chi connectivity index (χ0v) is 8.85. The van der Waals surface area contributed by atoms with Crippen molar-refractivity contribution in [3.05, 3.63) is 36.2 Å². The quantitative estimate of drug-likeness (QED) is 0.769. The Hall–Kier alpha value is -1.88. The van der Waals surface area contributed by atoms with Crippen molar-refractivity contribution in [2.24, 2.45) is 0 Å². The minimum absolute atomic E-state index is 0.0703. The van der Waals surface area contributed by atoms with Crippen LogP contribution in [0, 0.1) is 0 Å². The normalized spacial score (nSPS) is 10.1. The minimum Gasteiger partial charge on any atom is -0.449 e. The van der Waals surface area contributed by atoms with E-state index < -0.39 is 5.43 Å².